The van der Waals surface area contributed by atoms with Crippen molar-refractivity contribution in [2.75, 3.05) is 32.7 Å². The SMILES string of the molecule is O=C(CN(Cc1ccco1)C1CC1)N1CCN(S(=O)(=O)c2ccc(F)c(Cl)c2)CC1. The number of sulfonamides is 1. The van der Waals surface area contributed by atoms with E-state index in [1.807, 2.05) is 12.1 Å². The van der Waals surface area contributed by atoms with E-state index >= 15 is 0 Å². The van der Waals surface area contributed by atoms with E-state index in [4.69, 9.17) is 16.0 Å². The molecular formula is C20H23ClFN3O4S. The summed E-state index contributed by atoms with van der Waals surface area (Å²) in [6.45, 7) is 1.86. The Morgan fingerprint density at radius 1 is 1.20 bits per heavy atom. The third kappa shape index (κ3) is 4.69. The highest BCUT2D eigenvalue weighted by Crippen LogP contribution is 2.28. The average molecular weight is 456 g/mol. The molecule has 1 aromatic heterocycles. The predicted octanol–water partition coefficient (Wildman–Crippen LogP) is 2.57. The lowest BCUT2D eigenvalue weighted by atomic mass is 10.3. The second kappa shape index (κ2) is 8.66. The molecule has 1 amide bonds. The molecule has 2 aromatic rings. The van der Waals surface area contributed by atoms with Gasteiger partial charge in [-0.15, -0.1) is 0 Å². The van der Waals surface area contributed by atoms with Gasteiger partial charge in [-0.25, -0.2) is 12.8 Å². The number of nitrogens with zero attached hydrogens (tertiary/aromatic N) is 3. The molecule has 1 aliphatic heterocycles. The Morgan fingerprint density at radius 2 is 1.93 bits per heavy atom. The van der Waals surface area contributed by atoms with E-state index in [0.29, 0.717) is 25.7 Å². The van der Waals surface area contributed by atoms with Crippen LogP contribution < -0.4 is 0 Å². The van der Waals surface area contributed by atoms with Crippen LogP contribution in [-0.4, -0.2) is 67.2 Å². The monoisotopic (exact) mass is 455 g/mol. The van der Waals surface area contributed by atoms with Gasteiger partial charge in [-0.1, -0.05) is 11.6 Å². The number of rotatable bonds is 7. The number of hydrogen-bond acceptors (Lipinski definition) is 5. The minimum atomic E-state index is -3.79. The van der Waals surface area contributed by atoms with Crippen LogP contribution in [0.1, 0.15) is 18.6 Å². The zero-order valence-electron chi connectivity index (χ0n) is 16.3. The van der Waals surface area contributed by atoms with Gasteiger partial charge in [0.2, 0.25) is 15.9 Å². The molecule has 0 spiro atoms. The zero-order valence-corrected chi connectivity index (χ0v) is 17.9. The van der Waals surface area contributed by atoms with E-state index in [2.05, 4.69) is 4.90 Å². The van der Waals surface area contributed by atoms with E-state index < -0.39 is 15.8 Å². The Balaban J connectivity index is 1.35. The minimum absolute atomic E-state index is 0.0182. The smallest absolute Gasteiger partial charge is 0.243 e. The number of halogens is 2. The molecule has 0 radical (unpaired) electrons. The number of amides is 1. The van der Waals surface area contributed by atoms with Crippen LogP contribution in [0.15, 0.2) is 45.9 Å². The normalized spacial score (nSPS) is 18.2. The number of hydrogen-bond donors (Lipinski definition) is 0. The van der Waals surface area contributed by atoms with Crippen molar-refractivity contribution >= 4 is 27.5 Å². The minimum Gasteiger partial charge on any atom is -0.468 e. The van der Waals surface area contributed by atoms with Crippen LogP contribution in [-0.2, 0) is 21.4 Å². The lowest BCUT2D eigenvalue weighted by Gasteiger charge is -2.35. The van der Waals surface area contributed by atoms with Crippen LogP contribution in [0.5, 0.6) is 0 Å². The van der Waals surface area contributed by atoms with Crippen molar-refractivity contribution in [1.82, 2.24) is 14.1 Å². The van der Waals surface area contributed by atoms with Gasteiger partial charge in [0.15, 0.2) is 0 Å². The van der Waals surface area contributed by atoms with Gasteiger partial charge >= 0.3 is 0 Å². The standard InChI is InChI=1S/C20H23ClFN3O4S/c21-18-12-17(5-6-19(18)22)30(27,28)25-9-7-23(8-10-25)20(26)14-24(15-3-4-15)13-16-2-1-11-29-16/h1-2,5-6,11-12,15H,3-4,7-10,13-14H2. The molecule has 162 valence electrons. The van der Waals surface area contributed by atoms with E-state index in [1.54, 1.807) is 11.2 Å². The molecule has 0 unspecified atom stereocenters. The molecular weight excluding hydrogens is 433 g/mol. The van der Waals surface area contributed by atoms with E-state index in [0.717, 1.165) is 30.7 Å². The molecule has 1 saturated carbocycles. The highest BCUT2D eigenvalue weighted by Gasteiger charge is 2.34. The summed E-state index contributed by atoms with van der Waals surface area (Å²) in [5.41, 5.74) is 0. The zero-order chi connectivity index (χ0) is 21.3. The Hall–Kier alpha value is -1.94. The van der Waals surface area contributed by atoms with Crippen LogP contribution in [0.3, 0.4) is 0 Å². The van der Waals surface area contributed by atoms with Gasteiger partial charge in [0.05, 0.1) is 29.3 Å². The summed E-state index contributed by atoms with van der Waals surface area (Å²) in [4.78, 5) is 16.6. The van der Waals surface area contributed by atoms with Gasteiger partial charge in [-0.2, -0.15) is 4.31 Å². The molecule has 7 nitrogen and oxygen atoms in total. The molecule has 0 atom stereocenters. The average Bonchev–Trinajstić information content (AvgIpc) is 3.46. The van der Waals surface area contributed by atoms with Crippen molar-refractivity contribution in [3.05, 3.63) is 53.2 Å². The Morgan fingerprint density at radius 3 is 2.53 bits per heavy atom. The molecule has 0 N–H and O–H groups in total. The molecule has 1 aliphatic carbocycles. The van der Waals surface area contributed by atoms with Crippen molar-refractivity contribution in [3.63, 3.8) is 0 Å². The van der Waals surface area contributed by atoms with Gasteiger partial charge in [-0.3, -0.25) is 9.69 Å². The quantitative estimate of drug-likeness (QED) is 0.641. The highest BCUT2D eigenvalue weighted by atomic mass is 35.5. The highest BCUT2D eigenvalue weighted by molar-refractivity contribution is 7.89. The van der Waals surface area contributed by atoms with Gasteiger partial charge in [-0.05, 0) is 43.2 Å². The first-order chi connectivity index (χ1) is 14.3. The van der Waals surface area contributed by atoms with E-state index in [-0.39, 0.29) is 35.5 Å². The second-order valence-electron chi connectivity index (χ2n) is 7.58. The Bertz CT molecular complexity index is 1000. The summed E-state index contributed by atoms with van der Waals surface area (Å²) in [5.74, 6) is 0.139. The molecule has 30 heavy (non-hydrogen) atoms. The summed E-state index contributed by atoms with van der Waals surface area (Å²) in [6.07, 6.45) is 3.76. The summed E-state index contributed by atoms with van der Waals surface area (Å²) in [7, 11) is -3.79. The topological polar surface area (TPSA) is 74.1 Å². The van der Waals surface area contributed by atoms with Gasteiger partial charge in [0.25, 0.3) is 0 Å². The van der Waals surface area contributed by atoms with Crippen molar-refractivity contribution in [2.45, 2.75) is 30.3 Å². The molecule has 2 aliphatic rings. The molecule has 0 bridgehead atoms. The molecule has 2 fully saturated rings. The molecule has 10 heteroatoms. The molecule has 4 rings (SSSR count). The number of carbonyl (C=O) groups is 1. The summed E-state index contributed by atoms with van der Waals surface area (Å²) < 4.78 is 45.7. The van der Waals surface area contributed by atoms with E-state index in [9.17, 15) is 17.6 Å². The lowest BCUT2D eigenvalue weighted by Crippen LogP contribution is -2.52. The van der Waals surface area contributed by atoms with Crippen molar-refractivity contribution in [1.29, 1.82) is 0 Å². The predicted molar refractivity (Wildman–Crippen MR) is 109 cm³/mol. The number of piperazine rings is 1. The summed E-state index contributed by atoms with van der Waals surface area (Å²) >= 11 is 5.73. The number of furan rings is 1. The van der Waals surface area contributed by atoms with Gasteiger partial charge in [0.1, 0.15) is 11.6 Å². The Labute approximate surface area is 180 Å². The first-order valence-electron chi connectivity index (χ1n) is 9.84. The number of benzene rings is 1. The maximum atomic E-state index is 13.4. The van der Waals surface area contributed by atoms with Crippen molar-refractivity contribution in [2.24, 2.45) is 0 Å². The fourth-order valence-electron chi connectivity index (χ4n) is 3.59. The van der Waals surface area contributed by atoms with Crippen LogP contribution in [0.25, 0.3) is 0 Å². The third-order valence-corrected chi connectivity index (χ3v) is 7.65. The van der Waals surface area contributed by atoms with Crippen LogP contribution in [0, 0.1) is 5.82 Å². The van der Waals surface area contributed by atoms with Crippen molar-refractivity contribution < 1.29 is 22.0 Å². The molecule has 1 saturated heterocycles. The van der Waals surface area contributed by atoms with E-state index in [1.165, 1.54) is 10.4 Å². The largest absolute Gasteiger partial charge is 0.468 e. The third-order valence-electron chi connectivity index (χ3n) is 5.46. The summed E-state index contributed by atoms with van der Waals surface area (Å²) in [6, 6.07) is 7.48. The van der Waals surface area contributed by atoms with Crippen LogP contribution >= 0.6 is 11.6 Å². The fourth-order valence-corrected chi connectivity index (χ4v) is 5.29. The van der Waals surface area contributed by atoms with Crippen molar-refractivity contribution in [3.8, 4) is 0 Å². The molecule has 2 heterocycles. The first-order valence-corrected chi connectivity index (χ1v) is 11.7. The first kappa shape index (κ1) is 21.3. The van der Waals surface area contributed by atoms with Crippen LogP contribution in [0.2, 0.25) is 5.02 Å². The Kier molecular flexibility index (Phi) is 6.15. The van der Waals surface area contributed by atoms with Gasteiger partial charge in [0, 0.05) is 32.2 Å². The lowest BCUT2D eigenvalue weighted by molar-refractivity contribution is -0.134. The van der Waals surface area contributed by atoms with Gasteiger partial charge < -0.3 is 9.32 Å². The fraction of sp³-hybridized carbons (Fsp3) is 0.450. The maximum absolute atomic E-state index is 13.4. The number of carbonyl (C=O) groups excluding carboxylic acids is 1. The molecule has 1 aromatic carbocycles. The van der Waals surface area contributed by atoms with Crippen LogP contribution in [0.4, 0.5) is 4.39 Å². The maximum Gasteiger partial charge on any atom is 0.243 e. The summed E-state index contributed by atoms with van der Waals surface area (Å²) in [5, 5.41) is -0.235. The second-order valence-corrected chi connectivity index (χ2v) is 9.92.